The van der Waals surface area contributed by atoms with Gasteiger partial charge in [0.25, 0.3) is 0 Å². The Kier molecular flexibility index (Phi) is 56.5. The molecular formula is C3H3KLiNO2S. The van der Waals surface area contributed by atoms with E-state index in [9.17, 15) is 0 Å². The zero-order chi connectivity index (χ0) is 6.28. The largest absolute Gasteiger partial charge is 1.00 e. The Hall–Kier alpha value is 1.50. The zero-order valence-electron chi connectivity index (χ0n) is 5.67. The molecule has 0 aliphatic rings. The van der Waals surface area contributed by atoms with Gasteiger partial charge in [-0.2, -0.15) is 5.16 Å². The average molecular weight is 163 g/mol. The second-order valence-corrected chi connectivity index (χ2v) is 0.765. The van der Waals surface area contributed by atoms with Gasteiger partial charge in [-0.25, -0.2) is 0 Å². The summed E-state index contributed by atoms with van der Waals surface area (Å²) in [5.74, 6) is -1.08. The summed E-state index contributed by atoms with van der Waals surface area (Å²) in [5.41, 5.74) is 0. The van der Waals surface area contributed by atoms with Gasteiger partial charge in [-0.15, -0.1) is 0 Å². The third kappa shape index (κ3) is 237. The van der Waals surface area contributed by atoms with Crippen LogP contribution in [0.1, 0.15) is 6.92 Å². The maximum atomic E-state index is 8.89. The molecule has 0 saturated heterocycles. The van der Waals surface area contributed by atoms with Gasteiger partial charge in [0, 0.05) is 5.97 Å². The van der Waals surface area contributed by atoms with E-state index in [1.165, 1.54) is 5.16 Å². The minimum Gasteiger partial charge on any atom is -0.753 e. The number of isothiocyanates is 1. The molecule has 0 aliphatic carbocycles. The minimum absolute atomic E-state index is 0. The predicted octanol–water partition coefficient (Wildman–Crippen LogP) is -6.58. The van der Waals surface area contributed by atoms with E-state index in [1.54, 1.807) is 0 Å². The molecule has 0 aromatic heterocycles. The molecule has 0 spiro atoms. The number of carbonyl (C=O) groups excluding carboxylic acids is 1. The Morgan fingerprint density at radius 2 is 1.78 bits per heavy atom. The maximum Gasteiger partial charge on any atom is 1.00 e. The van der Waals surface area contributed by atoms with Crippen molar-refractivity contribution in [1.82, 2.24) is 0 Å². The van der Waals surface area contributed by atoms with Gasteiger partial charge in [-0.05, 0) is 6.92 Å². The fourth-order valence-electron chi connectivity index (χ4n) is 0. The van der Waals surface area contributed by atoms with Crippen molar-refractivity contribution in [3.8, 4) is 0 Å². The van der Waals surface area contributed by atoms with Gasteiger partial charge >= 0.3 is 70.2 Å². The molecule has 0 aliphatic heterocycles. The van der Waals surface area contributed by atoms with Crippen LogP contribution in [0.4, 0.5) is 0 Å². The number of nitrogens with zero attached hydrogens (tertiary/aromatic N) is 1. The standard InChI is InChI=1S/C2H4O2.CNS.K.Li/c1-2(3)4;2-1-3;;/h1H3,(H,3,4);;;/q;-1;2*+1/p-1. The average Bonchev–Trinajstić information content (AvgIpc) is 1.33. The first-order valence-corrected chi connectivity index (χ1v) is 1.74. The molecule has 0 radical (unpaired) electrons. The summed E-state index contributed by atoms with van der Waals surface area (Å²) in [6.07, 6.45) is 0. The molecule has 0 unspecified atom stereocenters. The Bertz CT molecular complexity index is 89.8. The first kappa shape index (κ1) is 22.4. The number of carboxylic acid groups (broad SMARTS) is 1. The van der Waals surface area contributed by atoms with Crippen LogP contribution in [-0.2, 0) is 4.79 Å². The van der Waals surface area contributed by atoms with E-state index in [0.29, 0.717) is 0 Å². The number of hydrogen-bond acceptors (Lipinski definition) is 3. The Morgan fingerprint density at radius 1 is 1.78 bits per heavy atom. The monoisotopic (exact) mass is 163 g/mol. The number of rotatable bonds is 0. The summed E-state index contributed by atoms with van der Waals surface area (Å²) in [6, 6.07) is 0. The van der Waals surface area contributed by atoms with Crippen LogP contribution >= 0.6 is 12.2 Å². The van der Waals surface area contributed by atoms with Gasteiger partial charge in [0.1, 0.15) is 0 Å². The predicted molar refractivity (Wildman–Crippen MR) is 26.6 cm³/mol. The number of carbonyl (C=O) groups is 1. The van der Waals surface area contributed by atoms with Crippen molar-refractivity contribution in [3.63, 3.8) is 0 Å². The van der Waals surface area contributed by atoms with Crippen molar-refractivity contribution < 1.29 is 80.1 Å². The van der Waals surface area contributed by atoms with Crippen LogP contribution in [0.3, 0.4) is 0 Å². The molecule has 6 heteroatoms. The number of hydrogen-bond donors (Lipinski definition) is 0. The summed E-state index contributed by atoms with van der Waals surface area (Å²) in [7, 11) is 0. The van der Waals surface area contributed by atoms with Gasteiger partial charge in [-0.1, -0.05) is 12.2 Å². The Labute approximate surface area is 114 Å². The molecule has 0 bridgehead atoms. The summed E-state index contributed by atoms with van der Waals surface area (Å²) in [6.45, 7) is 0.972. The van der Waals surface area contributed by atoms with E-state index in [0.717, 1.165) is 6.92 Å². The summed E-state index contributed by atoms with van der Waals surface area (Å²) in [4.78, 5) is 8.89. The molecule has 0 aromatic carbocycles. The summed E-state index contributed by atoms with van der Waals surface area (Å²) in [5, 5.41) is 17.4. The molecule has 0 atom stereocenters. The normalized spacial score (nSPS) is 3.67. The molecule has 3 nitrogen and oxygen atoms in total. The van der Waals surface area contributed by atoms with Crippen LogP contribution in [0.2, 0.25) is 0 Å². The van der Waals surface area contributed by atoms with Crippen molar-refractivity contribution >= 4 is 23.3 Å². The molecule has 0 amide bonds. The van der Waals surface area contributed by atoms with Gasteiger partial charge in [0.15, 0.2) is 0 Å². The Balaban J connectivity index is -0.0000000233. The first-order valence-electron chi connectivity index (χ1n) is 1.34. The SMILES string of the molecule is CC(=O)[O-].[K+].[Li+].[N-]=C=S. The second kappa shape index (κ2) is 22.7. The smallest absolute Gasteiger partial charge is 0.753 e. The van der Waals surface area contributed by atoms with E-state index < -0.39 is 5.97 Å². The fourth-order valence-corrected chi connectivity index (χ4v) is 0. The van der Waals surface area contributed by atoms with Crippen LogP contribution in [0.25, 0.3) is 5.41 Å². The molecule has 0 saturated carbocycles. The van der Waals surface area contributed by atoms with Crippen molar-refractivity contribution in [2.45, 2.75) is 6.92 Å². The van der Waals surface area contributed by atoms with E-state index >= 15 is 0 Å². The van der Waals surface area contributed by atoms with Crippen LogP contribution in [0.5, 0.6) is 0 Å². The van der Waals surface area contributed by atoms with Crippen LogP contribution < -0.4 is 75.4 Å². The number of thiocarbonyl (C=S) groups is 1. The van der Waals surface area contributed by atoms with Crippen LogP contribution in [0.15, 0.2) is 0 Å². The van der Waals surface area contributed by atoms with Crippen molar-refractivity contribution in [2.75, 3.05) is 0 Å². The summed E-state index contributed by atoms with van der Waals surface area (Å²) >= 11 is 3.70. The second-order valence-electron chi connectivity index (χ2n) is 0.583. The first-order chi connectivity index (χ1) is 3.15. The summed E-state index contributed by atoms with van der Waals surface area (Å²) < 4.78 is 0. The molecule has 0 N–H and O–H groups in total. The molecular weight excluding hydrogens is 160 g/mol. The fraction of sp³-hybridized carbons (Fsp3) is 0.333. The quantitative estimate of drug-likeness (QED) is 0.203. The van der Waals surface area contributed by atoms with Crippen molar-refractivity contribution in [3.05, 3.63) is 5.41 Å². The molecule has 0 heterocycles. The topological polar surface area (TPSA) is 62.4 Å². The van der Waals surface area contributed by atoms with Gasteiger partial charge < -0.3 is 15.3 Å². The molecule has 0 rings (SSSR count). The van der Waals surface area contributed by atoms with E-state index in [4.69, 9.17) is 15.3 Å². The molecule has 0 fully saturated rings. The van der Waals surface area contributed by atoms with Crippen LogP contribution in [0, 0.1) is 0 Å². The van der Waals surface area contributed by atoms with E-state index in [-0.39, 0.29) is 70.2 Å². The zero-order valence-corrected chi connectivity index (χ0v) is 9.61. The van der Waals surface area contributed by atoms with Gasteiger partial charge in [0.2, 0.25) is 0 Å². The molecule has 9 heavy (non-hydrogen) atoms. The van der Waals surface area contributed by atoms with Gasteiger partial charge in [-0.3, -0.25) is 0 Å². The minimum atomic E-state index is -1.08. The third-order valence-corrected chi connectivity index (χ3v) is 0. The maximum absolute atomic E-state index is 8.89. The van der Waals surface area contributed by atoms with E-state index in [2.05, 4.69) is 12.2 Å². The van der Waals surface area contributed by atoms with E-state index in [1.807, 2.05) is 0 Å². The Morgan fingerprint density at radius 3 is 1.78 bits per heavy atom. The van der Waals surface area contributed by atoms with Crippen molar-refractivity contribution in [1.29, 1.82) is 0 Å². The van der Waals surface area contributed by atoms with Crippen LogP contribution in [-0.4, -0.2) is 11.1 Å². The molecule has 0 aromatic rings. The number of carboxylic acids is 1. The third-order valence-electron chi connectivity index (χ3n) is 0. The van der Waals surface area contributed by atoms with Crippen molar-refractivity contribution in [2.24, 2.45) is 0 Å². The van der Waals surface area contributed by atoms with Gasteiger partial charge in [0.05, 0.1) is 0 Å². The molecule has 40 valence electrons. The number of aliphatic carboxylic acids is 1.